The summed E-state index contributed by atoms with van der Waals surface area (Å²) in [7, 11) is -3.60. The number of nitrogens with zero attached hydrogens (tertiary/aromatic N) is 2. The summed E-state index contributed by atoms with van der Waals surface area (Å²) in [6.45, 7) is 8.29. The van der Waals surface area contributed by atoms with E-state index in [1.54, 1.807) is 12.1 Å². The van der Waals surface area contributed by atoms with E-state index in [9.17, 15) is 13.2 Å². The van der Waals surface area contributed by atoms with Gasteiger partial charge in [0.15, 0.2) is 0 Å². The summed E-state index contributed by atoms with van der Waals surface area (Å²) in [5, 5.41) is 3.78. The molecular formula is C20H27N3O4S2. The molecule has 158 valence electrons. The Balaban J connectivity index is 1.72. The van der Waals surface area contributed by atoms with Gasteiger partial charge in [0.1, 0.15) is 4.88 Å². The van der Waals surface area contributed by atoms with Crippen molar-refractivity contribution in [2.75, 3.05) is 18.4 Å². The molecule has 2 atom stereocenters. The lowest BCUT2D eigenvalue weighted by Crippen LogP contribution is -2.48. The van der Waals surface area contributed by atoms with Crippen molar-refractivity contribution in [3.8, 4) is 0 Å². The molecule has 29 heavy (non-hydrogen) atoms. The Morgan fingerprint density at radius 1 is 1.24 bits per heavy atom. The quantitative estimate of drug-likeness (QED) is 0.748. The largest absolute Gasteiger partial charge is 0.373 e. The second-order valence-electron chi connectivity index (χ2n) is 7.33. The number of aryl methyl sites for hydroxylation is 2. The molecule has 0 aliphatic carbocycles. The topological polar surface area (TPSA) is 88.6 Å². The molecule has 1 aliphatic heterocycles. The first kappa shape index (κ1) is 21.9. The summed E-state index contributed by atoms with van der Waals surface area (Å²) in [5.41, 5.74) is 1.26. The number of sulfonamides is 1. The molecule has 1 aliphatic rings. The minimum atomic E-state index is -3.60. The number of morpholine rings is 1. The number of anilines is 1. The Morgan fingerprint density at radius 3 is 2.45 bits per heavy atom. The molecule has 1 aromatic carbocycles. The molecule has 3 rings (SSSR count). The molecule has 0 radical (unpaired) electrons. The third kappa shape index (κ3) is 5.03. The van der Waals surface area contributed by atoms with Crippen LogP contribution in [0.4, 0.5) is 5.69 Å². The summed E-state index contributed by atoms with van der Waals surface area (Å²) in [5.74, 6) is -0.228. The lowest BCUT2D eigenvalue weighted by molar-refractivity contribution is -0.0440. The van der Waals surface area contributed by atoms with Gasteiger partial charge in [-0.2, -0.15) is 4.31 Å². The van der Waals surface area contributed by atoms with E-state index < -0.39 is 10.0 Å². The minimum Gasteiger partial charge on any atom is -0.373 e. The summed E-state index contributed by atoms with van der Waals surface area (Å²) >= 11 is 1.40. The van der Waals surface area contributed by atoms with Gasteiger partial charge in [0.2, 0.25) is 10.0 Å². The molecule has 2 aromatic rings. The number of hydrogen-bond donors (Lipinski definition) is 1. The highest BCUT2D eigenvalue weighted by atomic mass is 32.2. The van der Waals surface area contributed by atoms with Crippen LogP contribution in [0.15, 0.2) is 29.2 Å². The maximum absolute atomic E-state index is 12.9. The second kappa shape index (κ2) is 8.91. The van der Waals surface area contributed by atoms with Crippen LogP contribution in [-0.2, 0) is 21.2 Å². The van der Waals surface area contributed by atoms with Crippen molar-refractivity contribution < 1.29 is 17.9 Å². The number of nitrogens with one attached hydrogen (secondary N) is 1. The number of carbonyl (C=O) groups excluding carboxylic acids is 1. The third-order valence-corrected chi connectivity index (χ3v) is 7.71. The molecule has 9 heteroatoms. The van der Waals surface area contributed by atoms with E-state index in [1.807, 2.05) is 20.8 Å². The maximum atomic E-state index is 12.9. The van der Waals surface area contributed by atoms with Gasteiger partial charge in [-0.15, -0.1) is 11.3 Å². The second-order valence-corrected chi connectivity index (χ2v) is 10.4. The smallest absolute Gasteiger partial charge is 0.267 e. The Morgan fingerprint density at radius 2 is 1.86 bits per heavy atom. The summed E-state index contributed by atoms with van der Waals surface area (Å²) < 4.78 is 32.9. The number of benzene rings is 1. The van der Waals surface area contributed by atoms with Crippen molar-refractivity contribution >= 4 is 33.0 Å². The van der Waals surface area contributed by atoms with Crippen LogP contribution < -0.4 is 5.32 Å². The van der Waals surface area contributed by atoms with Gasteiger partial charge in [-0.25, -0.2) is 13.4 Å². The fourth-order valence-electron chi connectivity index (χ4n) is 3.36. The van der Waals surface area contributed by atoms with E-state index >= 15 is 0 Å². The van der Waals surface area contributed by atoms with Crippen LogP contribution in [0.3, 0.4) is 0 Å². The van der Waals surface area contributed by atoms with E-state index in [2.05, 4.69) is 17.2 Å². The third-order valence-electron chi connectivity index (χ3n) is 4.65. The molecule has 1 fully saturated rings. The molecule has 1 saturated heterocycles. The lowest BCUT2D eigenvalue weighted by Gasteiger charge is -2.34. The van der Waals surface area contributed by atoms with Crippen molar-refractivity contribution in [3.05, 3.63) is 39.8 Å². The predicted octanol–water partition coefficient (Wildman–Crippen LogP) is 3.45. The molecule has 7 nitrogen and oxygen atoms in total. The molecule has 1 N–H and O–H groups in total. The zero-order valence-electron chi connectivity index (χ0n) is 17.1. The number of hydrogen-bond acceptors (Lipinski definition) is 6. The van der Waals surface area contributed by atoms with Gasteiger partial charge in [-0.1, -0.05) is 6.92 Å². The van der Waals surface area contributed by atoms with Gasteiger partial charge in [-0.05, 0) is 57.9 Å². The van der Waals surface area contributed by atoms with Crippen LogP contribution in [-0.4, -0.2) is 48.9 Å². The first-order chi connectivity index (χ1) is 13.7. The van der Waals surface area contributed by atoms with Gasteiger partial charge in [-0.3, -0.25) is 4.79 Å². The molecule has 0 spiro atoms. The van der Waals surface area contributed by atoms with Crippen LogP contribution in [0.2, 0.25) is 0 Å². The van der Waals surface area contributed by atoms with Crippen molar-refractivity contribution in [1.29, 1.82) is 0 Å². The number of aromatic nitrogens is 1. The monoisotopic (exact) mass is 437 g/mol. The van der Waals surface area contributed by atoms with E-state index in [1.165, 1.54) is 27.8 Å². The van der Waals surface area contributed by atoms with Crippen molar-refractivity contribution in [3.63, 3.8) is 0 Å². The number of ether oxygens (including phenoxy) is 1. The number of amides is 1. The van der Waals surface area contributed by atoms with Crippen LogP contribution in [0.5, 0.6) is 0 Å². The van der Waals surface area contributed by atoms with Crippen molar-refractivity contribution in [1.82, 2.24) is 9.29 Å². The lowest BCUT2D eigenvalue weighted by atomic mass is 10.3. The van der Waals surface area contributed by atoms with E-state index in [0.717, 1.165) is 17.8 Å². The van der Waals surface area contributed by atoms with E-state index in [-0.39, 0.29) is 23.0 Å². The molecule has 2 unspecified atom stereocenters. The average Bonchev–Trinajstić information content (AvgIpc) is 3.02. The predicted molar refractivity (Wildman–Crippen MR) is 114 cm³/mol. The Labute approximate surface area is 176 Å². The SMILES string of the molecule is CCCc1nc(C)c(C(=O)Nc2ccc(S(=O)(=O)N3CC(C)OC(C)C3)cc2)s1. The highest BCUT2D eigenvalue weighted by Gasteiger charge is 2.32. The average molecular weight is 438 g/mol. The maximum Gasteiger partial charge on any atom is 0.267 e. The summed E-state index contributed by atoms with van der Waals surface area (Å²) in [6, 6.07) is 6.28. The Bertz CT molecular complexity index is 960. The fraction of sp³-hybridized carbons (Fsp3) is 0.500. The molecule has 1 amide bonds. The minimum absolute atomic E-state index is 0.146. The molecule has 0 saturated carbocycles. The van der Waals surface area contributed by atoms with Crippen molar-refractivity contribution in [2.45, 2.75) is 57.6 Å². The number of rotatable bonds is 6. The number of carbonyl (C=O) groups is 1. The highest BCUT2D eigenvalue weighted by Crippen LogP contribution is 2.24. The van der Waals surface area contributed by atoms with Crippen LogP contribution >= 0.6 is 11.3 Å². The molecule has 1 aromatic heterocycles. The zero-order chi connectivity index (χ0) is 21.2. The van der Waals surface area contributed by atoms with Crippen molar-refractivity contribution in [2.24, 2.45) is 0 Å². The van der Waals surface area contributed by atoms with Gasteiger partial charge < -0.3 is 10.1 Å². The summed E-state index contributed by atoms with van der Waals surface area (Å²) in [6.07, 6.45) is 1.54. The Hall–Kier alpha value is -1.81. The van der Waals surface area contributed by atoms with Crippen LogP contribution in [0, 0.1) is 6.92 Å². The Kier molecular flexibility index (Phi) is 6.72. The zero-order valence-corrected chi connectivity index (χ0v) is 18.8. The fourth-order valence-corrected chi connectivity index (χ4v) is 6.01. The van der Waals surface area contributed by atoms with Gasteiger partial charge in [0, 0.05) is 18.8 Å². The van der Waals surface area contributed by atoms with Gasteiger partial charge >= 0.3 is 0 Å². The van der Waals surface area contributed by atoms with Gasteiger partial charge in [0.05, 0.1) is 27.8 Å². The van der Waals surface area contributed by atoms with E-state index in [0.29, 0.717) is 29.3 Å². The van der Waals surface area contributed by atoms with Gasteiger partial charge in [0.25, 0.3) is 5.91 Å². The first-order valence-electron chi connectivity index (χ1n) is 9.74. The number of thiazole rings is 1. The normalized spacial score (nSPS) is 20.6. The highest BCUT2D eigenvalue weighted by molar-refractivity contribution is 7.89. The summed E-state index contributed by atoms with van der Waals surface area (Å²) in [4.78, 5) is 17.8. The first-order valence-corrected chi connectivity index (χ1v) is 12.0. The van der Waals surface area contributed by atoms with E-state index in [4.69, 9.17) is 4.74 Å². The molecular weight excluding hydrogens is 410 g/mol. The molecule has 2 heterocycles. The standard InChI is InChI=1S/C20H27N3O4S2/c1-5-6-18-21-15(4)19(28-18)20(24)22-16-7-9-17(10-8-16)29(25,26)23-11-13(2)27-14(3)12-23/h7-10,13-14H,5-6,11-12H2,1-4H3,(H,22,24). The van der Waals surface area contributed by atoms with Crippen LogP contribution in [0.1, 0.15) is 47.6 Å². The molecule has 0 bridgehead atoms. The van der Waals surface area contributed by atoms with Crippen LogP contribution in [0.25, 0.3) is 0 Å².